The largest absolute Gasteiger partial charge is 0.343 e. The number of aryl methyl sites for hydroxylation is 1. The molecule has 0 bridgehead atoms. The fourth-order valence-corrected chi connectivity index (χ4v) is 2.77. The molecule has 0 aromatic heterocycles. The van der Waals surface area contributed by atoms with Crippen molar-refractivity contribution in [2.45, 2.75) is 25.7 Å². The molecule has 1 saturated heterocycles. The third-order valence-corrected chi connectivity index (χ3v) is 3.90. The minimum absolute atomic E-state index is 0.311. The summed E-state index contributed by atoms with van der Waals surface area (Å²) in [6, 6.07) is 14.8. The lowest BCUT2D eigenvalue weighted by atomic mass is 10.0. The number of hydrogen-bond acceptors (Lipinski definition) is 1. The molecule has 0 spiro atoms. The lowest BCUT2D eigenvalue weighted by molar-refractivity contribution is -0.130. The molecule has 1 heterocycles. The van der Waals surface area contributed by atoms with Crippen LogP contribution in [0.2, 0.25) is 0 Å². The molecule has 3 rings (SSSR count). The fraction of sp³-hybridized carbons (Fsp3) is 0.353. The molecule has 1 aliphatic heterocycles. The molecule has 1 fully saturated rings. The first-order chi connectivity index (χ1) is 9.33. The van der Waals surface area contributed by atoms with Crippen molar-refractivity contribution in [1.29, 1.82) is 0 Å². The molecule has 98 valence electrons. The quantitative estimate of drug-likeness (QED) is 0.821. The van der Waals surface area contributed by atoms with Crippen molar-refractivity contribution in [3.8, 4) is 0 Å². The summed E-state index contributed by atoms with van der Waals surface area (Å²) in [6.45, 7) is 1.91. The van der Waals surface area contributed by atoms with Crippen LogP contribution in [-0.2, 0) is 11.2 Å². The van der Waals surface area contributed by atoms with Gasteiger partial charge in [-0.2, -0.15) is 0 Å². The van der Waals surface area contributed by atoms with Crippen LogP contribution in [0.5, 0.6) is 0 Å². The van der Waals surface area contributed by atoms with Gasteiger partial charge in [0, 0.05) is 19.5 Å². The first-order valence-electron chi connectivity index (χ1n) is 7.08. The highest BCUT2D eigenvalue weighted by atomic mass is 16.2. The zero-order valence-electron chi connectivity index (χ0n) is 11.1. The van der Waals surface area contributed by atoms with Crippen LogP contribution in [0.4, 0.5) is 0 Å². The van der Waals surface area contributed by atoms with Crippen molar-refractivity contribution in [1.82, 2.24) is 4.90 Å². The molecule has 0 unspecified atom stereocenters. The van der Waals surface area contributed by atoms with Gasteiger partial charge in [0.25, 0.3) is 0 Å². The Morgan fingerprint density at radius 3 is 2.53 bits per heavy atom. The summed E-state index contributed by atoms with van der Waals surface area (Å²) in [7, 11) is 0. The monoisotopic (exact) mass is 253 g/mol. The van der Waals surface area contributed by atoms with E-state index in [0.29, 0.717) is 12.3 Å². The molecule has 0 N–H and O–H groups in total. The molecule has 2 heteroatoms. The summed E-state index contributed by atoms with van der Waals surface area (Å²) in [4.78, 5) is 14.0. The molecule has 2 nitrogen and oxygen atoms in total. The standard InChI is InChI=1S/C17H19NO/c19-17(18-11-3-4-12-18)10-8-14-7-9-15-5-1-2-6-16(15)13-14/h1-2,5-7,9,13H,3-4,8,10-12H2. The Hall–Kier alpha value is -1.83. The Bertz CT molecular complexity index is 585. The van der Waals surface area contributed by atoms with Gasteiger partial charge in [0.1, 0.15) is 0 Å². The smallest absolute Gasteiger partial charge is 0.222 e. The van der Waals surface area contributed by atoms with Crippen molar-refractivity contribution >= 4 is 16.7 Å². The highest BCUT2D eigenvalue weighted by Gasteiger charge is 2.17. The third kappa shape index (κ3) is 2.78. The molecule has 19 heavy (non-hydrogen) atoms. The SMILES string of the molecule is O=C(CCc1ccc2ccccc2c1)N1CCCC1. The normalized spacial score (nSPS) is 15.1. The molecule has 1 amide bonds. The number of amides is 1. The van der Waals surface area contributed by atoms with Crippen molar-refractivity contribution < 1.29 is 4.79 Å². The van der Waals surface area contributed by atoms with Gasteiger partial charge in [0.2, 0.25) is 5.91 Å². The Kier molecular flexibility index (Phi) is 3.49. The summed E-state index contributed by atoms with van der Waals surface area (Å²) in [5.74, 6) is 0.311. The first-order valence-corrected chi connectivity index (χ1v) is 7.08. The number of hydrogen-bond donors (Lipinski definition) is 0. The van der Waals surface area contributed by atoms with Crippen LogP contribution in [0.3, 0.4) is 0 Å². The van der Waals surface area contributed by atoms with Crippen molar-refractivity contribution in [2.24, 2.45) is 0 Å². The Balaban J connectivity index is 1.66. The summed E-state index contributed by atoms with van der Waals surface area (Å²) in [6.07, 6.45) is 3.82. The minimum atomic E-state index is 0.311. The van der Waals surface area contributed by atoms with E-state index in [9.17, 15) is 4.79 Å². The number of nitrogens with zero attached hydrogens (tertiary/aromatic N) is 1. The fourth-order valence-electron chi connectivity index (χ4n) is 2.77. The van der Waals surface area contributed by atoms with Gasteiger partial charge in [-0.1, -0.05) is 42.5 Å². The van der Waals surface area contributed by atoms with E-state index in [-0.39, 0.29) is 0 Å². The van der Waals surface area contributed by atoms with Gasteiger partial charge in [-0.3, -0.25) is 4.79 Å². The van der Waals surface area contributed by atoms with Gasteiger partial charge in [-0.05, 0) is 35.6 Å². The molecular formula is C17H19NO. The predicted molar refractivity (Wildman–Crippen MR) is 78.1 cm³/mol. The summed E-state index contributed by atoms with van der Waals surface area (Å²) < 4.78 is 0. The number of rotatable bonds is 3. The van der Waals surface area contributed by atoms with Gasteiger partial charge in [0.05, 0.1) is 0 Å². The molecule has 0 radical (unpaired) electrons. The predicted octanol–water partition coefficient (Wildman–Crippen LogP) is 3.39. The second-order valence-electron chi connectivity index (χ2n) is 5.27. The molecule has 0 atom stereocenters. The van der Waals surface area contributed by atoms with E-state index in [0.717, 1.165) is 19.5 Å². The highest BCUT2D eigenvalue weighted by Crippen LogP contribution is 2.17. The minimum Gasteiger partial charge on any atom is -0.343 e. The number of carbonyl (C=O) groups excluding carboxylic acids is 1. The third-order valence-electron chi connectivity index (χ3n) is 3.90. The van der Waals surface area contributed by atoms with Crippen molar-refractivity contribution in [2.75, 3.05) is 13.1 Å². The second-order valence-corrected chi connectivity index (χ2v) is 5.27. The molecular weight excluding hydrogens is 234 g/mol. The van der Waals surface area contributed by atoms with E-state index in [1.54, 1.807) is 0 Å². The van der Waals surface area contributed by atoms with E-state index >= 15 is 0 Å². The van der Waals surface area contributed by atoms with E-state index in [1.165, 1.54) is 29.2 Å². The molecule has 0 saturated carbocycles. The lowest BCUT2D eigenvalue weighted by Crippen LogP contribution is -2.27. The zero-order chi connectivity index (χ0) is 13.1. The van der Waals surface area contributed by atoms with Gasteiger partial charge in [-0.15, -0.1) is 0 Å². The topological polar surface area (TPSA) is 20.3 Å². The van der Waals surface area contributed by atoms with Gasteiger partial charge in [-0.25, -0.2) is 0 Å². The van der Waals surface area contributed by atoms with Crippen LogP contribution in [0, 0.1) is 0 Å². The summed E-state index contributed by atoms with van der Waals surface area (Å²) in [5, 5.41) is 2.52. The van der Waals surface area contributed by atoms with E-state index in [1.807, 2.05) is 4.90 Å². The van der Waals surface area contributed by atoms with E-state index in [2.05, 4.69) is 42.5 Å². The number of benzene rings is 2. The second kappa shape index (κ2) is 5.43. The van der Waals surface area contributed by atoms with Gasteiger partial charge in [0.15, 0.2) is 0 Å². The number of likely N-dealkylation sites (tertiary alicyclic amines) is 1. The number of fused-ring (bicyclic) bond motifs is 1. The maximum atomic E-state index is 12.0. The van der Waals surface area contributed by atoms with Gasteiger partial charge >= 0.3 is 0 Å². The molecule has 2 aromatic carbocycles. The summed E-state index contributed by atoms with van der Waals surface area (Å²) in [5.41, 5.74) is 1.26. The first kappa shape index (κ1) is 12.2. The van der Waals surface area contributed by atoms with E-state index in [4.69, 9.17) is 0 Å². The highest BCUT2D eigenvalue weighted by molar-refractivity contribution is 5.83. The zero-order valence-corrected chi connectivity index (χ0v) is 11.1. The van der Waals surface area contributed by atoms with Crippen molar-refractivity contribution in [3.63, 3.8) is 0 Å². The lowest BCUT2D eigenvalue weighted by Gasteiger charge is -2.15. The average molecular weight is 253 g/mol. The Morgan fingerprint density at radius 1 is 1.00 bits per heavy atom. The Morgan fingerprint density at radius 2 is 1.74 bits per heavy atom. The van der Waals surface area contributed by atoms with Crippen LogP contribution in [0.25, 0.3) is 10.8 Å². The maximum Gasteiger partial charge on any atom is 0.222 e. The average Bonchev–Trinajstić information content (AvgIpc) is 2.99. The van der Waals surface area contributed by atoms with Crippen LogP contribution < -0.4 is 0 Å². The van der Waals surface area contributed by atoms with Crippen LogP contribution >= 0.6 is 0 Å². The number of carbonyl (C=O) groups is 1. The molecule has 1 aliphatic rings. The van der Waals surface area contributed by atoms with Gasteiger partial charge < -0.3 is 4.90 Å². The summed E-state index contributed by atoms with van der Waals surface area (Å²) >= 11 is 0. The van der Waals surface area contributed by atoms with Crippen molar-refractivity contribution in [3.05, 3.63) is 48.0 Å². The molecule has 2 aromatic rings. The van der Waals surface area contributed by atoms with E-state index < -0.39 is 0 Å². The maximum absolute atomic E-state index is 12.0. The molecule has 0 aliphatic carbocycles. The Labute approximate surface area is 114 Å². The van der Waals surface area contributed by atoms with Crippen LogP contribution in [0.15, 0.2) is 42.5 Å². The van der Waals surface area contributed by atoms with Crippen LogP contribution in [-0.4, -0.2) is 23.9 Å². The van der Waals surface area contributed by atoms with Crippen LogP contribution in [0.1, 0.15) is 24.8 Å².